The van der Waals surface area contributed by atoms with Crippen LogP contribution in [0, 0.1) is 20.8 Å². The predicted molar refractivity (Wildman–Crippen MR) is 112 cm³/mol. The van der Waals surface area contributed by atoms with Gasteiger partial charge < -0.3 is 14.0 Å². The maximum absolute atomic E-state index is 12.4. The largest absolute Gasteiger partial charge is 0.485 e. The number of amides is 1. The summed E-state index contributed by atoms with van der Waals surface area (Å²) in [4.78, 5) is 12.4. The van der Waals surface area contributed by atoms with Gasteiger partial charge in [0.1, 0.15) is 6.61 Å². The minimum atomic E-state index is -0.735. The number of rotatable bonds is 4. The maximum Gasteiger partial charge on any atom is 0.284 e. The van der Waals surface area contributed by atoms with Crippen LogP contribution in [-0.2, 0) is 4.79 Å². The molecule has 1 N–H and O–H groups in total. The van der Waals surface area contributed by atoms with Gasteiger partial charge in [-0.3, -0.25) is 4.79 Å². The summed E-state index contributed by atoms with van der Waals surface area (Å²) in [5.74, 6) is 0.858. The number of carbonyl (C=O) groups is 1. The molecule has 0 fully saturated rings. The van der Waals surface area contributed by atoms with Crippen LogP contribution < -0.4 is 14.9 Å². The third-order valence-electron chi connectivity index (χ3n) is 5.01. The van der Waals surface area contributed by atoms with Crippen molar-refractivity contribution in [2.45, 2.75) is 26.9 Å². The van der Waals surface area contributed by atoms with E-state index in [1.54, 1.807) is 12.3 Å². The van der Waals surface area contributed by atoms with E-state index in [1.165, 1.54) is 5.56 Å². The van der Waals surface area contributed by atoms with Crippen molar-refractivity contribution in [3.8, 4) is 17.2 Å². The van der Waals surface area contributed by atoms with Crippen LogP contribution in [0.4, 0.5) is 0 Å². The molecule has 0 saturated carbocycles. The SMILES string of the molecule is Cc1ccccc1-n1c(C)cc(/C=N\NC(=O)[C@@H]2COc3ccccc3O2)c1C. The number of ether oxygens (including phenoxy) is 2. The smallest absolute Gasteiger partial charge is 0.284 e. The Morgan fingerprint density at radius 3 is 2.62 bits per heavy atom. The minimum Gasteiger partial charge on any atom is -0.485 e. The van der Waals surface area contributed by atoms with Gasteiger partial charge in [0.2, 0.25) is 6.10 Å². The van der Waals surface area contributed by atoms with Crippen LogP contribution in [0.2, 0.25) is 0 Å². The van der Waals surface area contributed by atoms with Crippen LogP contribution >= 0.6 is 0 Å². The van der Waals surface area contributed by atoms with E-state index in [2.05, 4.69) is 41.1 Å². The lowest BCUT2D eigenvalue weighted by molar-refractivity contribution is -0.130. The van der Waals surface area contributed by atoms with E-state index >= 15 is 0 Å². The lowest BCUT2D eigenvalue weighted by Gasteiger charge is -2.24. The first-order chi connectivity index (χ1) is 14.0. The number of hydrogen-bond donors (Lipinski definition) is 1. The molecule has 0 radical (unpaired) electrons. The first kappa shape index (κ1) is 18.8. The summed E-state index contributed by atoms with van der Waals surface area (Å²) in [5, 5.41) is 4.13. The number of benzene rings is 2. The van der Waals surface area contributed by atoms with E-state index in [4.69, 9.17) is 9.47 Å². The quantitative estimate of drug-likeness (QED) is 0.547. The first-order valence-electron chi connectivity index (χ1n) is 9.51. The van der Waals surface area contributed by atoms with Crippen LogP contribution in [0.1, 0.15) is 22.5 Å². The maximum atomic E-state index is 12.4. The van der Waals surface area contributed by atoms with E-state index in [1.807, 2.05) is 43.3 Å². The Bertz CT molecular complexity index is 1080. The molecule has 0 spiro atoms. The second-order valence-electron chi connectivity index (χ2n) is 7.05. The number of hydrogen-bond acceptors (Lipinski definition) is 4. The Hall–Kier alpha value is -3.54. The molecule has 1 aliphatic heterocycles. The normalized spacial score (nSPS) is 15.5. The fourth-order valence-corrected chi connectivity index (χ4v) is 3.49. The molecule has 4 rings (SSSR count). The molecule has 6 heteroatoms. The molecular weight excluding hydrogens is 366 g/mol. The molecule has 1 amide bonds. The molecule has 1 aromatic heterocycles. The number of carbonyl (C=O) groups excluding carboxylic acids is 1. The average molecular weight is 389 g/mol. The van der Waals surface area contributed by atoms with Gasteiger partial charge in [-0.05, 0) is 50.6 Å². The van der Waals surface area contributed by atoms with Crippen LogP contribution in [0.15, 0.2) is 59.7 Å². The summed E-state index contributed by atoms with van der Waals surface area (Å²) in [6, 6.07) is 17.6. The summed E-state index contributed by atoms with van der Waals surface area (Å²) in [7, 11) is 0. The number of aromatic nitrogens is 1. The highest BCUT2D eigenvalue weighted by atomic mass is 16.6. The number of aryl methyl sites for hydroxylation is 2. The highest BCUT2D eigenvalue weighted by Gasteiger charge is 2.27. The van der Waals surface area contributed by atoms with Crippen molar-refractivity contribution < 1.29 is 14.3 Å². The Balaban J connectivity index is 1.46. The molecule has 148 valence electrons. The van der Waals surface area contributed by atoms with E-state index in [0.717, 1.165) is 22.6 Å². The highest BCUT2D eigenvalue weighted by Crippen LogP contribution is 2.30. The molecule has 0 unspecified atom stereocenters. The molecule has 1 atom stereocenters. The van der Waals surface area contributed by atoms with Gasteiger partial charge in [-0.25, -0.2) is 5.43 Å². The van der Waals surface area contributed by atoms with E-state index in [0.29, 0.717) is 11.5 Å². The van der Waals surface area contributed by atoms with Gasteiger partial charge >= 0.3 is 0 Å². The molecule has 2 heterocycles. The number of hydrazone groups is 1. The van der Waals surface area contributed by atoms with E-state index in [-0.39, 0.29) is 12.5 Å². The second kappa shape index (κ2) is 7.83. The fraction of sp³-hybridized carbons (Fsp3) is 0.217. The Morgan fingerprint density at radius 1 is 1.10 bits per heavy atom. The third kappa shape index (κ3) is 3.74. The Labute approximate surface area is 169 Å². The van der Waals surface area contributed by atoms with Gasteiger partial charge in [-0.1, -0.05) is 30.3 Å². The molecule has 1 aliphatic rings. The van der Waals surface area contributed by atoms with Gasteiger partial charge in [-0.2, -0.15) is 5.10 Å². The standard InChI is InChI=1S/C23H23N3O3/c1-15-8-4-5-9-19(15)26-16(2)12-18(17(26)3)13-24-25-23(27)22-14-28-20-10-6-7-11-21(20)29-22/h4-13,22H,14H2,1-3H3,(H,25,27)/b24-13-/t22-/m0/s1. The molecule has 3 aromatic rings. The number of fused-ring (bicyclic) bond motifs is 1. The number of nitrogens with one attached hydrogen (secondary N) is 1. The van der Waals surface area contributed by atoms with Crippen molar-refractivity contribution in [1.29, 1.82) is 0 Å². The van der Waals surface area contributed by atoms with Crippen molar-refractivity contribution in [3.63, 3.8) is 0 Å². The lowest BCUT2D eigenvalue weighted by atomic mass is 10.2. The summed E-state index contributed by atoms with van der Waals surface area (Å²) >= 11 is 0. The van der Waals surface area contributed by atoms with Crippen LogP contribution in [0.25, 0.3) is 5.69 Å². The first-order valence-corrected chi connectivity index (χ1v) is 9.51. The zero-order valence-electron chi connectivity index (χ0n) is 16.7. The van der Waals surface area contributed by atoms with Gasteiger partial charge in [-0.15, -0.1) is 0 Å². The monoisotopic (exact) mass is 389 g/mol. The van der Waals surface area contributed by atoms with E-state index in [9.17, 15) is 4.79 Å². The van der Waals surface area contributed by atoms with Crippen LogP contribution in [-0.4, -0.2) is 29.4 Å². The molecule has 6 nitrogen and oxygen atoms in total. The molecule has 0 saturated heterocycles. The summed E-state index contributed by atoms with van der Waals surface area (Å²) < 4.78 is 13.5. The van der Waals surface area contributed by atoms with Gasteiger partial charge in [0.05, 0.1) is 6.21 Å². The minimum absolute atomic E-state index is 0.153. The predicted octanol–water partition coefficient (Wildman–Crippen LogP) is 3.69. The van der Waals surface area contributed by atoms with Crippen molar-refractivity contribution in [2.24, 2.45) is 5.10 Å². The van der Waals surface area contributed by atoms with Crippen LogP contribution in [0.3, 0.4) is 0 Å². The van der Waals surface area contributed by atoms with Crippen LogP contribution in [0.5, 0.6) is 11.5 Å². The van der Waals surface area contributed by atoms with Crippen molar-refractivity contribution in [3.05, 3.63) is 77.1 Å². The summed E-state index contributed by atoms with van der Waals surface area (Å²) in [6.45, 7) is 6.34. The van der Waals surface area contributed by atoms with Crippen molar-refractivity contribution >= 4 is 12.1 Å². The zero-order valence-corrected chi connectivity index (χ0v) is 16.7. The Morgan fingerprint density at radius 2 is 1.83 bits per heavy atom. The summed E-state index contributed by atoms with van der Waals surface area (Å²) in [5.41, 5.74) is 7.99. The third-order valence-corrected chi connectivity index (χ3v) is 5.01. The highest BCUT2D eigenvalue weighted by molar-refractivity contribution is 5.86. The Kier molecular flexibility index (Phi) is 5.08. The summed E-state index contributed by atoms with van der Waals surface area (Å²) in [6.07, 6.45) is 0.925. The van der Waals surface area contributed by atoms with Gasteiger partial charge in [0.25, 0.3) is 5.91 Å². The zero-order chi connectivity index (χ0) is 20.4. The molecular formula is C23H23N3O3. The van der Waals surface area contributed by atoms with Crippen molar-refractivity contribution in [2.75, 3.05) is 6.61 Å². The average Bonchev–Trinajstić information content (AvgIpc) is 3.01. The second-order valence-corrected chi connectivity index (χ2v) is 7.05. The lowest BCUT2D eigenvalue weighted by Crippen LogP contribution is -2.42. The molecule has 29 heavy (non-hydrogen) atoms. The van der Waals surface area contributed by atoms with Crippen molar-refractivity contribution in [1.82, 2.24) is 9.99 Å². The molecule has 0 aliphatic carbocycles. The molecule has 0 bridgehead atoms. The number of para-hydroxylation sites is 3. The van der Waals surface area contributed by atoms with Gasteiger partial charge in [0.15, 0.2) is 11.5 Å². The number of nitrogens with zero attached hydrogens (tertiary/aromatic N) is 2. The fourth-order valence-electron chi connectivity index (χ4n) is 3.49. The topological polar surface area (TPSA) is 64.9 Å². The van der Waals surface area contributed by atoms with Gasteiger partial charge in [0, 0.05) is 22.6 Å². The van der Waals surface area contributed by atoms with E-state index < -0.39 is 6.10 Å². The molecule has 2 aromatic carbocycles.